The summed E-state index contributed by atoms with van der Waals surface area (Å²) in [6.07, 6.45) is -2.73. The van der Waals surface area contributed by atoms with Crippen LogP contribution in [0.5, 0.6) is 5.75 Å². The Bertz CT molecular complexity index is 1540. The number of carboxylic acid groups (broad SMARTS) is 1. The zero-order valence-corrected chi connectivity index (χ0v) is 29.3. The molecule has 3 fully saturated rings. The number of carbonyl (C=O) groups is 2. The van der Waals surface area contributed by atoms with E-state index in [-0.39, 0.29) is 48.0 Å². The smallest absolute Gasteiger partial charge is 0.417 e. The first-order chi connectivity index (χ1) is 20.7. The van der Waals surface area contributed by atoms with Crippen molar-refractivity contribution < 1.29 is 32.6 Å². The number of thiocarbonyl (C=S) groups is 1. The molecule has 0 aromatic heterocycles. The van der Waals surface area contributed by atoms with Gasteiger partial charge in [0.15, 0.2) is 5.11 Å². The van der Waals surface area contributed by atoms with Crippen molar-refractivity contribution >= 4 is 77.8 Å². The second-order valence-electron chi connectivity index (χ2n) is 11.8. The molecule has 2 aromatic carbocycles. The second kappa shape index (κ2) is 15.1. The van der Waals surface area contributed by atoms with Gasteiger partial charge < -0.3 is 14.7 Å². The molecule has 1 N–H and O–H groups in total. The molecule has 9 nitrogen and oxygen atoms in total. The fraction of sp³-hybridized carbons (Fsp3) is 0.484. The second-order valence-corrected chi connectivity index (χ2v) is 12.2. The van der Waals surface area contributed by atoms with Crippen molar-refractivity contribution in [1.29, 1.82) is 5.26 Å². The summed E-state index contributed by atoms with van der Waals surface area (Å²) in [6.45, 7) is 9.39. The van der Waals surface area contributed by atoms with E-state index in [1.807, 2.05) is 19.1 Å². The summed E-state index contributed by atoms with van der Waals surface area (Å²) in [5.41, 5.74) is -2.10. The van der Waals surface area contributed by atoms with E-state index in [0.29, 0.717) is 56.9 Å². The minimum absolute atomic E-state index is 0. The Balaban J connectivity index is 0.00000256. The standard InChI is InChI=1S/C31H34F3N5O4S.3ClH/c1-4-20-17-23(7-8-25(20)43-16-15-36-11-13-37(14-12-36)30(9-10-30)27(41)42)39-28(44)38(26(40)29(39,2)3)22-6-5-21(19-35)24(18-22)31(32,33)34;;;/h5-8,17-18H,4,9-16H2,1-3H3,(H,41,42);3*1H. The number of hydrogen-bond donors (Lipinski definition) is 1. The van der Waals surface area contributed by atoms with Crippen molar-refractivity contribution in [3.63, 3.8) is 0 Å². The van der Waals surface area contributed by atoms with Crippen LogP contribution in [0.25, 0.3) is 0 Å². The summed E-state index contributed by atoms with van der Waals surface area (Å²) in [6, 6.07) is 10.1. The predicted octanol–water partition coefficient (Wildman–Crippen LogP) is 5.94. The molecular weight excluding hydrogens is 702 g/mol. The van der Waals surface area contributed by atoms with Crippen LogP contribution in [0.15, 0.2) is 36.4 Å². The largest absolute Gasteiger partial charge is 0.492 e. The zero-order valence-electron chi connectivity index (χ0n) is 26.0. The van der Waals surface area contributed by atoms with Gasteiger partial charge in [0.25, 0.3) is 5.91 Å². The number of nitrogens with zero attached hydrogens (tertiary/aromatic N) is 5. The summed E-state index contributed by atoms with van der Waals surface area (Å²) in [5.74, 6) is -0.537. The van der Waals surface area contributed by atoms with E-state index in [1.54, 1.807) is 30.9 Å². The molecule has 16 heteroatoms. The van der Waals surface area contributed by atoms with Crippen LogP contribution in [0.2, 0.25) is 0 Å². The maximum atomic E-state index is 13.7. The van der Waals surface area contributed by atoms with E-state index in [2.05, 4.69) is 9.80 Å². The van der Waals surface area contributed by atoms with Gasteiger partial charge in [0.2, 0.25) is 0 Å². The van der Waals surface area contributed by atoms with Gasteiger partial charge in [0, 0.05) is 38.4 Å². The summed E-state index contributed by atoms with van der Waals surface area (Å²) in [5, 5.41) is 18.7. The Morgan fingerprint density at radius 1 is 1.04 bits per heavy atom. The van der Waals surface area contributed by atoms with Crippen LogP contribution in [0.1, 0.15) is 50.3 Å². The molecule has 2 saturated heterocycles. The number of anilines is 2. The van der Waals surface area contributed by atoms with Gasteiger partial charge in [-0.2, -0.15) is 18.4 Å². The van der Waals surface area contributed by atoms with Crippen molar-refractivity contribution in [2.75, 3.05) is 49.1 Å². The highest BCUT2D eigenvalue weighted by Crippen LogP contribution is 2.43. The zero-order chi connectivity index (χ0) is 32.0. The lowest BCUT2D eigenvalue weighted by molar-refractivity contribution is -0.146. The number of aryl methyl sites for hydroxylation is 1. The summed E-state index contributed by atoms with van der Waals surface area (Å²) < 4.78 is 47.1. The average Bonchev–Trinajstić information content (AvgIpc) is 3.77. The highest BCUT2D eigenvalue weighted by molar-refractivity contribution is 7.81. The van der Waals surface area contributed by atoms with E-state index in [0.717, 1.165) is 35.7 Å². The van der Waals surface area contributed by atoms with Crippen LogP contribution >= 0.6 is 49.4 Å². The number of hydrogen-bond acceptors (Lipinski definition) is 7. The lowest BCUT2D eigenvalue weighted by Crippen LogP contribution is -2.54. The van der Waals surface area contributed by atoms with E-state index < -0.39 is 40.3 Å². The first-order valence-electron chi connectivity index (χ1n) is 14.5. The van der Waals surface area contributed by atoms with Crippen LogP contribution < -0.4 is 14.5 Å². The molecule has 1 aliphatic carbocycles. The Labute approximate surface area is 295 Å². The molecule has 0 atom stereocenters. The fourth-order valence-electron chi connectivity index (χ4n) is 6.05. The van der Waals surface area contributed by atoms with Gasteiger partial charge in [0.1, 0.15) is 23.4 Å². The Kier molecular flexibility index (Phi) is 13.0. The summed E-state index contributed by atoms with van der Waals surface area (Å²) >= 11 is 5.67. The first kappa shape index (κ1) is 40.3. The van der Waals surface area contributed by atoms with Crippen molar-refractivity contribution in [2.24, 2.45) is 0 Å². The van der Waals surface area contributed by atoms with Crippen LogP contribution in [0, 0.1) is 11.3 Å². The number of carboxylic acids is 1. The third-order valence-corrected chi connectivity index (χ3v) is 9.17. The Hall–Kier alpha value is -2.86. The van der Waals surface area contributed by atoms with Gasteiger partial charge in [-0.15, -0.1) is 37.2 Å². The third-order valence-electron chi connectivity index (χ3n) is 8.80. The lowest BCUT2D eigenvalue weighted by atomic mass is 10.0. The molecule has 5 rings (SSSR count). The molecule has 1 amide bonds. The number of amides is 1. The van der Waals surface area contributed by atoms with Crippen LogP contribution in [0.3, 0.4) is 0 Å². The summed E-state index contributed by atoms with van der Waals surface area (Å²) in [4.78, 5) is 32.2. The van der Waals surface area contributed by atoms with Crippen molar-refractivity contribution in [1.82, 2.24) is 9.80 Å². The number of carbonyl (C=O) groups excluding carboxylic acids is 1. The van der Waals surface area contributed by atoms with E-state index in [1.165, 1.54) is 6.07 Å². The van der Waals surface area contributed by atoms with Gasteiger partial charge in [-0.1, -0.05) is 6.92 Å². The number of rotatable bonds is 9. The molecule has 2 heterocycles. The van der Waals surface area contributed by atoms with E-state index in [9.17, 15) is 27.9 Å². The monoisotopic (exact) mass is 737 g/mol. The van der Waals surface area contributed by atoms with Crippen LogP contribution in [0.4, 0.5) is 24.5 Å². The molecule has 0 unspecified atom stereocenters. The van der Waals surface area contributed by atoms with E-state index in [4.69, 9.17) is 22.2 Å². The average molecular weight is 739 g/mol. The minimum Gasteiger partial charge on any atom is -0.492 e. The van der Waals surface area contributed by atoms with Gasteiger partial charge in [0.05, 0.1) is 22.9 Å². The first-order valence-corrected chi connectivity index (χ1v) is 14.9. The predicted molar refractivity (Wildman–Crippen MR) is 183 cm³/mol. The van der Waals surface area contributed by atoms with Crippen molar-refractivity contribution in [2.45, 2.75) is 57.3 Å². The molecular formula is C31H37Cl3F3N5O4S. The van der Waals surface area contributed by atoms with Crippen LogP contribution in [-0.4, -0.2) is 82.3 Å². The normalized spacial score (nSPS) is 18.8. The molecule has 1 saturated carbocycles. The molecule has 0 bridgehead atoms. The van der Waals surface area contributed by atoms with Gasteiger partial charge >= 0.3 is 12.1 Å². The van der Waals surface area contributed by atoms with Gasteiger partial charge in [-0.05, 0) is 87.3 Å². The number of alkyl halides is 3. The maximum Gasteiger partial charge on any atom is 0.417 e. The number of piperazine rings is 1. The molecule has 258 valence electrons. The molecule has 2 aromatic rings. The highest BCUT2D eigenvalue weighted by Gasteiger charge is 2.55. The van der Waals surface area contributed by atoms with Crippen molar-refractivity contribution in [3.8, 4) is 11.8 Å². The van der Waals surface area contributed by atoms with Crippen molar-refractivity contribution in [3.05, 3.63) is 53.1 Å². The van der Waals surface area contributed by atoms with Crippen LogP contribution in [-0.2, 0) is 22.2 Å². The Morgan fingerprint density at radius 2 is 1.66 bits per heavy atom. The molecule has 0 spiro atoms. The number of halogens is 6. The quantitative estimate of drug-likeness (QED) is 0.314. The summed E-state index contributed by atoms with van der Waals surface area (Å²) in [7, 11) is 0. The maximum absolute atomic E-state index is 13.7. The molecule has 2 aliphatic heterocycles. The number of ether oxygens (including phenoxy) is 1. The molecule has 0 radical (unpaired) electrons. The fourth-order valence-corrected chi connectivity index (χ4v) is 6.57. The minimum atomic E-state index is -4.78. The van der Waals surface area contributed by atoms with E-state index >= 15 is 0 Å². The lowest BCUT2D eigenvalue weighted by Gasteiger charge is -2.38. The third kappa shape index (κ3) is 7.58. The molecule has 3 aliphatic rings. The van der Waals surface area contributed by atoms with Gasteiger partial charge in [-0.3, -0.25) is 24.3 Å². The number of benzene rings is 2. The van der Waals surface area contributed by atoms with Gasteiger partial charge in [-0.25, -0.2) is 0 Å². The highest BCUT2D eigenvalue weighted by atomic mass is 35.5. The molecule has 47 heavy (non-hydrogen) atoms. The number of nitriles is 1. The topological polar surface area (TPSA) is 100 Å². The Morgan fingerprint density at radius 3 is 2.19 bits per heavy atom. The SMILES string of the molecule is CCc1cc(N2C(=S)N(c3ccc(C#N)c(C(F)(F)F)c3)C(=O)C2(C)C)ccc1OCCN1CCN(C2(C(=O)O)CC2)CC1.Cl.Cl.Cl. The number of aliphatic carboxylic acids is 1.